The standard InChI is InChI=1S/C24H27N3O3/c1-25-14-12-18(13-15-25)26(2)22-21(17-8-5-4-6-9-17)23(28)27(24(22)29)19-10-7-11-20(16-19)30-3/h4-11,16,18H,12-15H2,1-3H3. The van der Waals surface area contributed by atoms with Crippen LogP contribution in [0.4, 0.5) is 5.69 Å². The summed E-state index contributed by atoms with van der Waals surface area (Å²) in [6.07, 6.45) is 1.92. The van der Waals surface area contributed by atoms with Gasteiger partial charge in [0.2, 0.25) is 0 Å². The number of carbonyl (C=O) groups excluding carboxylic acids is 2. The zero-order valence-corrected chi connectivity index (χ0v) is 17.7. The molecule has 1 fully saturated rings. The predicted molar refractivity (Wildman–Crippen MR) is 117 cm³/mol. The van der Waals surface area contributed by atoms with Crippen molar-refractivity contribution < 1.29 is 14.3 Å². The Bertz CT molecular complexity index is 978. The Morgan fingerprint density at radius 1 is 0.967 bits per heavy atom. The molecule has 2 heterocycles. The quantitative estimate of drug-likeness (QED) is 0.716. The molecular formula is C24H27N3O3. The highest BCUT2D eigenvalue weighted by Gasteiger charge is 2.43. The maximum atomic E-state index is 13.6. The molecule has 4 rings (SSSR count). The maximum Gasteiger partial charge on any atom is 0.282 e. The Kier molecular flexibility index (Phi) is 5.59. The highest BCUT2D eigenvalue weighted by Crippen LogP contribution is 2.36. The SMILES string of the molecule is COc1cccc(N2C(=O)C(c3ccccc3)=C(N(C)C3CCN(C)CC3)C2=O)c1. The van der Waals surface area contributed by atoms with E-state index in [0.717, 1.165) is 31.5 Å². The number of methoxy groups -OCH3 is 1. The van der Waals surface area contributed by atoms with E-state index in [4.69, 9.17) is 4.74 Å². The molecule has 30 heavy (non-hydrogen) atoms. The van der Waals surface area contributed by atoms with Gasteiger partial charge in [0.05, 0.1) is 18.4 Å². The van der Waals surface area contributed by atoms with Gasteiger partial charge >= 0.3 is 0 Å². The molecule has 6 nitrogen and oxygen atoms in total. The average Bonchev–Trinajstić information content (AvgIpc) is 3.04. The van der Waals surface area contributed by atoms with E-state index in [1.165, 1.54) is 4.90 Å². The van der Waals surface area contributed by atoms with Crippen molar-refractivity contribution in [2.24, 2.45) is 0 Å². The second kappa shape index (κ2) is 8.32. The van der Waals surface area contributed by atoms with Gasteiger partial charge in [-0.25, -0.2) is 4.90 Å². The number of likely N-dealkylation sites (N-methyl/N-ethyl adjacent to an activating group) is 1. The summed E-state index contributed by atoms with van der Waals surface area (Å²) in [5.41, 5.74) is 2.22. The van der Waals surface area contributed by atoms with Gasteiger partial charge in [-0.3, -0.25) is 9.59 Å². The number of likely N-dealkylation sites (tertiary alicyclic amines) is 1. The summed E-state index contributed by atoms with van der Waals surface area (Å²) >= 11 is 0. The summed E-state index contributed by atoms with van der Waals surface area (Å²) < 4.78 is 5.30. The van der Waals surface area contributed by atoms with Crippen LogP contribution < -0.4 is 9.64 Å². The summed E-state index contributed by atoms with van der Waals surface area (Å²) in [4.78, 5) is 32.7. The minimum atomic E-state index is -0.297. The number of nitrogens with zero attached hydrogens (tertiary/aromatic N) is 3. The smallest absolute Gasteiger partial charge is 0.282 e. The monoisotopic (exact) mass is 405 g/mol. The fourth-order valence-corrected chi connectivity index (χ4v) is 4.26. The van der Waals surface area contributed by atoms with Crippen molar-refractivity contribution in [3.63, 3.8) is 0 Å². The van der Waals surface area contributed by atoms with Crippen LogP contribution in [0.2, 0.25) is 0 Å². The average molecular weight is 405 g/mol. The number of amides is 2. The van der Waals surface area contributed by atoms with Crippen LogP contribution >= 0.6 is 0 Å². The number of ether oxygens (including phenoxy) is 1. The fourth-order valence-electron chi connectivity index (χ4n) is 4.26. The Hall–Kier alpha value is -3.12. The first-order valence-electron chi connectivity index (χ1n) is 10.2. The molecule has 2 aliphatic rings. The lowest BCUT2D eigenvalue weighted by molar-refractivity contribution is -0.120. The second-order valence-electron chi connectivity index (χ2n) is 7.88. The number of imide groups is 1. The van der Waals surface area contributed by atoms with Crippen LogP contribution in [0.1, 0.15) is 18.4 Å². The Labute approximate surface area is 177 Å². The van der Waals surface area contributed by atoms with Gasteiger partial charge in [0.25, 0.3) is 11.8 Å². The molecule has 0 spiro atoms. The van der Waals surface area contributed by atoms with E-state index in [1.54, 1.807) is 31.4 Å². The van der Waals surface area contributed by atoms with Gasteiger partial charge in [-0.15, -0.1) is 0 Å². The van der Waals surface area contributed by atoms with E-state index in [2.05, 4.69) is 11.9 Å². The van der Waals surface area contributed by atoms with Crippen molar-refractivity contribution in [2.45, 2.75) is 18.9 Å². The van der Waals surface area contributed by atoms with Crippen molar-refractivity contribution in [3.05, 3.63) is 65.9 Å². The second-order valence-corrected chi connectivity index (χ2v) is 7.88. The number of anilines is 1. The van der Waals surface area contributed by atoms with Crippen molar-refractivity contribution in [1.82, 2.24) is 9.80 Å². The highest BCUT2D eigenvalue weighted by atomic mass is 16.5. The third kappa shape index (κ3) is 3.59. The number of carbonyl (C=O) groups is 2. The van der Waals surface area contributed by atoms with E-state index in [-0.39, 0.29) is 17.9 Å². The predicted octanol–water partition coefficient (Wildman–Crippen LogP) is 3.01. The molecule has 2 aromatic carbocycles. The third-order valence-electron chi connectivity index (χ3n) is 6.02. The Morgan fingerprint density at radius 2 is 1.67 bits per heavy atom. The summed E-state index contributed by atoms with van der Waals surface area (Å²) in [7, 11) is 5.62. The zero-order chi connectivity index (χ0) is 21.3. The summed E-state index contributed by atoms with van der Waals surface area (Å²) in [6.45, 7) is 1.95. The molecule has 0 bridgehead atoms. The molecule has 2 aliphatic heterocycles. The maximum absolute atomic E-state index is 13.6. The number of rotatable bonds is 5. The summed E-state index contributed by atoms with van der Waals surface area (Å²) in [6, 6.07) is 16.7. The summed E-state index contributed by atoms with van der Waals surface area (Å²) in [5.74, 6) is 0.0225. The molecule has 0 aromatic heterocycles. The largest absolute Gasteiger partial charge is 0.497 e. The fraction of sp³-hybridized carbons (Fsp3) is 0.333. The highest BCUT2D eigenvalue weighted by molar-refractivity contribution is 6.45. The van der Waals surface area contributed by atoms with Crippen LogP contribution in [-0.4, -0.2) is 62.0 Å². The molecule has 1 saturated heterocycles. The molecular weight excluding hydrogens is 378 g/mol. The van der Waals surface area contributed by atoms with Gasteiger partial charge in [0, 0.05) is 19.2 Å². The van der Waals surface area contributed by atoms with E-state index in [9.17, 15) is 9.59 Å². The van der Waals surface area contributed by atoms with Gasteiger partial charge in [-0.05, 0) is 50.7 Å². The number of hydrogen-bond donors (Lipinski definition) is 0. The van der Waals surface area contributed by atoms with Gasteiger partial charge in [-0.2, -0.15) is 0 Å². The Morgan fingerprint density at radius 3 is 2.33 bits per heavy atom. The van der Waals surface area contributed by atoms with E-state index in [1.807, 2.05) is 42.3 Å². The molecule has 0 atom stereocenters. The van der Waals surface area contributed by atoms with Crippen LogP contribution in [0.5, 0.6) is 5.75 Å². The molecule has 6 heteroatoms. The topological polar surface area (TPSA) is 53.1 Å². The van der Waals surface area contributed by atoms with E-state index >= 15 is 0 Å². The van der Waals surface area contributed by atoms with Crippen molar-refractivity contribution in [3.8, 4) is 5.75 Å². The molecule has 2 amide bonds. The van der Waals surface area contributed by atoms with Gasteiger partial charge < -0.3 is 14.5 Å². The minimum Gasteiger partial charge on any atom is -0.497 e. The molecule has 156 valence electrons. The number of hydrogen-bond acceptors (Lipinski definition) is 5. The number of piperidine rings is 1. The van der Waals surface area contributed by atoms with Crippen LogP contribution in [-0.2, 0) is 9.59 Å². The van der Waals surface area contributed by atoms with E-state index < -0.39 is 0 Å². The number of benzene rings is 2. The van der Waals surface area contributed by atoms with Gasteiger partial charge in [0.15, 0.2) is 0 Å². The molecule has 0 N–H and O–H groups in total. The molecule has 0 radical (unpaired) electrons. The lowest BCUT2D eigenvalue weighted by Gasteiger charge is -2.36. The first-order valence-corrected chi connectivity index (χ1v) is 10.2. The minimum absolute atomic E-state index is 0.219. The summed E-state index contributed by atoms with van der Waals surface area (Å²) in [5, 5.41) is 0. The Balaban J connectivity index is 1.77. The molecule has 0 saturated carbocycles. The van der Waals surface area contributed by atoms with Crippen molar-refractivity contribution >= 4 is 23.1 Å². The lowest BCUT2D eigenvalue weighted by atomic mass is 10.0. The van der Waals surface area contributed by atoms with Crippen molar-refractivity contribution in [2.75, 3.05) is 39.2 Å². The normalized spacial score (nSPS) is 18.3. The molecule has 0 unspecified atom stereocenters. The first-order chi connectivity index (χ1) is 14.5. The lowest BCUT2D eigenvalue weighted by Crippen LogP contribution is -2.43. The molecule has 2 aromatic rings. The van der Waals surface area contributed by atoms with Crippen LogP contribution in [0.25, 0.3) is 5.57 Å². The van der Waals surface area contributed by atoms with Crippen LogP contribution in [0, 0.1) is 0 Å². The molecule has 0 aliphatic carbocycles. The van der Waals surface area contributed by atoms with Crippen molar-refractivity contribution in [1.29, 1.82) is 0 Å². The van der Waals surface area contributed by atoms with Crippen LogP contribution in [0.15, 0.2) is 60.3 Å². The van der Waals surface area contributed by atoms with E-state index in [0.29, 0.717) is 22.7 Å². The zero-order valence-electron chi connectivity index (χ0n) is 17.7. The van der Waals surface area contributed by atoms with Gasteiger partial charge in [-0.1, -0.05) is 36.4 Å². The van der Waals surface area contributed by atoms with Gasteiger partial charge in [0.1, 0.15) is 11.4 Å². The first kappa shape index (κ1) is 20.2. The van der Waals surface area contributed by atoms with Crippen LogP contribution in [0.3, 0.4) is 0 Å². The third-order valence-corrected chi connectivity index (χ3v) is 6.02.